The molecule has 6 rings (SSSR count). The summed E-state index contributed by atoms with van der Waals surface area (Å²) >= 11 is 0. The Hall–Kier alpha value is -4.92. The van der Waals surface area contributed by atoms with Crippen LogP contribution >= 0.6 is 0 Å². The first kappa shape index (κ1) is 34.9. The number of aliphatic hydroxyl groups is 2. The number of hydrogen-bond donors (Lipinski definition) is 3. The average molecular weight is 677 g/mol. The molecule has 0 bridgehead atoms. The fourth-order valence-electron chi connectivity index (χ4n) is 6.92. The summed E-state index contributed by atoms with van der Waals surface area (Å²) in [5.74, 6) is -2.06. The number of aliphatic hydroxyl groups excluding tert-OH is 2. The van der Waals surface area contributed by atoms with Crippen LogP contribution in [0.2, 0.25) is 0 Å². The van der Waals surface area contributed by atoms with Gasteiger partial charge in [0.15, 0.2) is 0 Å². The van der Waals surface area contributed by atoms with Crippen LogP contribution in [-0.4, -0.2) is 59.3 Å². The maximum absolute atomic E-state index is 12.6. The van der Waals surface area contributed by atoms with Crippen molar-refractivity contribution in [2.24, 2.45) is 17.3 Å². The van der Waals surface area contributed by atoms with Crippen LogP contribution in [0.4, 0.5) is 0 Å². The molecule has 4 unspecified atom stereocenters. The van der Waals surface area contributed by atoms with Gasteiger partial charge >= 0.3 is 11.9 Å². The number of carbonyl (C=O) groups excluding carboxylic acids is 1. The lowest BCUT2D eigenvalue weighted by Crippen LogP contribution is -2.34. The molecule has 0 spiro atoms. The molecule has 4 aromatic rings. The van der Waals surface area contributed by atoms with E-state index in [9.17, 15) is 24.9 Å². The molecule has 4 aromatic carbocycles. The van der Waals surface area contributed by atoms with Crippen LogP contribution in [0, 0.1) is 17.3 Å². The molecule has 2 aliphatic rings. The van der Waals surface area contributed by atoms with Gasteiger partial charge in [-0.1, -0.05) is 106 Å². The SMILES string of the molecule is CC(C)(C)C(O)COc1ccc(C2(c3ccc(OCC(O)COC(=O)C4CC=CCC4C(=O)O)cc3)c3ccccc3-c3ccccc32)cc1. The van der Waals surface area contributed by atoms with Crippen molar-refractivity contribution in [1.29, 1.82) is 0 Å². The number of esters is 1. The van der Waals surface area contributed by atoms with Crippen molar-refractivity contribution in [2.45, 2.75) is 51.2 Å². The fourth-order valence-corrected chi connectivity index (χ4v) is 6.92. The molecular formula is C42H44O8. The topological polar surface area (TPSA) is 123 Å². The number of rotatable bonds is 12. The van der Waals surface area contributed by atoms with Crippen LogP contribution in [-0.2, 0) is 19.7 Å². The maximum atomic E-state index is 12.6. The Bertz CT molecular complexity index is 1790. The van der Waals surface area contributed by atoms with Crippen molar-refractivity contribution >= 4 is 11.9 Å². The number of hydrogen-bond acceptors (Lipinski definition) is 7. The number of aliphatic carboxylic acids is 1. The predicted octanol–water partition coefficient (Wildman–Crippen LogP) is 6.79. The van der Waals surface area contributed by atoms with Crippen molar-refractivity contribution in [3.8, 4) is 22.6 Å². The van der Waals surface area contributed by atoms with E-state index in [0.717, 1.165) is 33.4 Å². The molecule has 0 amide bonds. The third kappa shape index (κ3) is 6.91. The molecule has 0 saturated heterocycles. The minimum Gasteiger partial charge on any atom is -0.491 e. The Morgan fingerprint density at radius 2 is 1.18 bits per heavy atom. The molecule has 8 nitrogen and oxygen atoms in total. The van der Waals surface area contributed by atoms with Gasteiger partial charge in [0, 0.05) is 0 Å². The molecule has 0 heterocycles. The normalized spacial score (nSPS) is 18.7. The number of allylic oxidation sites excluding steroid dienone is 2. The predicted molar refractivity (Wildman–Crippen MR) is 190 cm³/mol. The number of carboxylic acids is 1. The summed E-state index contributed by atoms with van der Waals surface area (Å²) in [6.45, 7) is 5.73. The number of ether oxygens (including phenoxy) is 3. The van der Waals surface area contributed by atoms with Gasteiger partial charge in [-0.15, -0.1) is 0 Å². The van der Waals surface area contributed by atoms with Crippen LogP contribution in [0.1, 0.15) is 55.9 Å². The standard InChI is InChI=1S/C42H44O8/c1-41(2,3)38(44)26-49-31-22-18-28(19-23-31)42(36-14-8-6-10-32(36)33-11-7-9-15-37(33)42)27-16-20-30(21-17-27)48-24-29(43)25-50-40(47)35-13-5-4-12-34(35)39(45)46/h4-11,14-23,29,34-35,38,43-44H,12-13,24-26H2,1-3H3,(H,45,46). The summed E-state index contributed by atoms with van der Waals surface area (Å²) in [5, 5.41) is 30.5. The Labute approximate surface area is 293 Å². The first-order chi connectivity index (χ1) is 24.0. The molecule has 0 radical (unpaired) electrons. The van der Waals surface area contributed by atoms with Crippen LogP contribution in [0.3, 0.4) is 0 Å². The van der Waals surface area contributed by atoms with Gasteiger partial charge in [-0.3, -0.25) is 9.59 Å². The zero-order chi connectivity index (χ0) is 35.5. The highest BCUT2D eigenvalue weighted by molar-refractivity contribution is 5.86. The van der Waals surface area contributed by atoms with Crippen LogP contribution < -0.4 is 9.47 Å². The van der Waals surface area contributed by atoms with Gasteiger partial charge in [0.2, 0.25) is 0 Å². The number of benzene rings is 4. The summed E-state index contributed by atoms with van der Waals surface area (Å²) in [4.78, 5) is 24.2. The Morgan fingerprint density at radius 3 is 1.68 bits per heavy atom. The first-order valence-electron chi connectivity index (χ1n) is 17.1. The van der Waals surface area contributed by atoms with Gasteiger partial charge < -0.3 is 29.5 Å². The zero-order valence-corrected chi connectivity index (χ0v) is 28.6. The highest BCUT2D eigenvalue weighted by Gasteiger charge is 2.46. The van der Waals surface area contributed by atoms with E-state index in [4.69, 9.17) is 14.2 Å². The van der Waals surface area contributed by atoms with E-state index in [-0.39, 0.29) is 31.7 Å². The largest absolute Gasteiger partial charge is 0.491 e. The van der Waals surface area contributed by atoms with E-state index in [0.29, 0.717) is 17.9 Å². The number of fused-ring (bicyclic) bond motifs is 3. The van der Waals surface area contributed by atoms with Crippen molar-refractivity contribution in [2.75, 3.05) is 19.8 Å². The molecule has 3 N–H and O–H groups in total. The van der Waals surface area contributed by atoms with Crippen LogP contribution in [0.15, 0.2) is 109 Å². The van der Waals surface area contributed by atoms with E-state index in [2.05, 4.69) is 60.7 Å². The van der Waals surface area contributed by atoms with Crippen molar-refractivity contribution < 1.29 is 39.1 Å². The van der Waals surface area contributed by atoms with Gasteiger partial charge in [0.25, 0.3) is 0 Å². The second-order valence-corrected chi connectivity index (χ2v) is 14.2. The minimum atomic E-state index is -1.09. The Morgan fingerprint density at radius 1 is 0.700 bits per heavy atom. The van der Waals surface area contributed by atoms with Gasteiger partial charge in [0.1, 0.15) is 37.4 Å². The summed E-state index contributed by atoms with van der Waals surface area (Å²) in [6.07, 6.45) is 2.42. The smallest absolute Gasteiger partial charge is 0.310 e. The van der Waals surface area contributed by atoms with Gasteiger partial charge in [-0.25, -0.2) is 0 Å². The molecule has 2 aliphatic carbocycles. The van der Waals surface area contributed by atoms with Crippen LogP contribution in [0.5, 0.6) is 11.5 Å². The quantitative estimate of drug-likeness (QED) is 0.0976. The molecule has 8 heteroatoms. The lowest BCUT2D eigenvalue weighted by Gasteiger charge is -2.34. The van der Waals surface area contributed by atoms with E-state index in [1.54, 1.807) is 12.2 Å². The number of carboxylic acid groups (broad SMARTS) is 1. The van der Waals surface area contributed by atoms with E-state index in [1.165, 1.54) is 0 Å². The summed E-state index contributed by atoms with van der Waals surface area (Å²) in [6, 6.07) is 32.8. The average Bonchev–Trinajstić information content (AvgIpc) is 3.43. The first-order valence-corrected chi connectivity index (χ1v) is 17.1. The van der Waals surface area contributed by atoms with Gasteiger partial charge in [-0.2, -0.15) is 0 Å². The minimum absolute atomic E-state index is 0.109. The van der Waals surface area contributed by atoms with Crippen molar-refractivity contribution in [3.63, 3.8) is 0 Å². The second-order valence-electron chi connectivity index (χ2n) is 14.2. The third-order valence-corrected chi connectivity index (χ3v) is 9.85. The van der Waals surface area contributed by atoms with Crippen molar-refractivity contribution in [3.05, 3.63) is 131 Å². The zero-order valence-electron chi connectivity index (χ0n) is 28.6. The van der Waals surface area contributed by atoms with Gasteiger partial charge in [-0.05, 0) is 75.9 Å². The molecule has 0 fully saturated rings. The van der Waals surface area contributed by atoms with E-state index < -0.39 is 41.4 Å². The lowest BCUT2D eigenvalue weighted by molar-refractivity contribution is -0.160. The fraction of sp³-hybridized carbons (Fsp3) is 0.333. The van der Waals surface area contributed by atoms with E-state index in [1.807, 2.05) is 57.2 Å². The second kappa shape index (κ2) is 14.5. The third-order valence-electron chi connectivity index (χ3n) is 9.85. The Kier molecular flexibility index (Phi) is 10.1. The molecule has 0 aromatic heterocycles. The lowest BCUT2D eigenvalue weighted by atomic mass is 9.68. The molecule has 4 atom stereocenters. The van der Waals surface area contributed by atoms with Gasteiger partial charge in [0.05, 0.1) is 23.4 Å². The molecular weight excluding hydrogens is 632 g/mol. The van der Waals surface area contributed by atoms with E-state index >= 15 is 0 Å². The highest BCUT2D eigenvalue weighted by Crippen LogP contribution is 2.56. The molecule has 260 valence electrons. The summed E-state index contributed by atoms with van der Waals surface area (Å²) in [5.41, 5.74) is 5.80. The highest BCUT2D eigenvalue weighted by atomic mass is 16.5. The maximum Gasteiger partial charge on any atom is 0.310 e. The number of carbonyl (C=O) groups is 2. The Balaban J connectivity index is 1.21. The molecule has 0 aliphatic heterocycles. The summed E-state index contributed by atoms with van der Waals surface area (Å²) in [7, 11) is 0. The monoisotopic (exact) mass is 676 g/mol. The van der Waals surface area contributed by atoms with Crippen LogP contribution in [0.25, 0.3) is 11.1 Å². The van der Waals surface area contributed by atoms with Crippen molar-refractivity contribution in [1.82, 2.24) is 0 Å². The molecule has 0 saturated carbocycles. The summed E-state index contributed by atoms with van der Waals surface area (Å²) < 4.78 is 17.2. The molecule has 50 heavy (non-hydrogen) atoms.